The van der Waals surface area contributed by atoms with Crippen molar-refractivity contribution in [2.75, 3.05) is 6.54 Å². The van der Waals surface area contributed by atoms with Crippen LogP contribution in [0.1, 0.15) is 75.8 Å². The molecular weight excluding hydrogens is 734 g/mol. The normalized spacial score (nSPS) is 13.8. The number of carbonyl (C=O) groups excluding carboxylic acids is 2. The quantitative estimate of drug-likeness (QED) is 0.145. The number of rotatable bonds is 9. The number of amides is 2. The zero-order valence-corrected chi connectivity index (χ0v) is 32.6. The Labute approximate surface area is 326 Å². The van der Waals surface area contributed by atoms with E-state index in [4.69, 9.17) is 16.7 Å². The van der Waals surface area contributed by atoms with Crippen LogP contribution in [0.2, 0.25) is 5.02 Å². The van der Waals surface area contributed by atoms with E-state index in [0.29, 0.717) is 42.8 Å². The Hall–Kier alpha value is -5.33. The van der Waals surface area contributed by atoms with E-state index in [9.17, 15) is 23.1 Å². The lowest BCUT2D eigenvalue weighted by Gasteiger charge is -2.38. The third-order valence-electron chi connectivity index (χ3n) is 10.1. The Kier molecular flexibility index (Phi) is 10.4. The molecule has 5 aromatic carbocycles. The summed E-state index contributed by atoms with van der Waals surface area (Å²) < 4.78 is 30.6. The number of hydrogen-bond donors (Lipinski definition) is 2. The molecule has 10 nitrogen and oxygen atoms in total. The first-order valence-corrected chi connectivity index (χ1v) is 19.9. The Morgan fingerprint density at radius 3 is 2.29 bits per heavy atom. The van der Waals surface area contributed by atoms with Crippen LogP contribution in [0.4, 0.5) is 0 Å². The van der Waals surface area contributed by atoms with Crippen LogP contribution in [-0.4, -0.2) is 57.0 Å². The van der Waals surface area contributed by atoms with E-state index in [2.05, 4.69) is 4.72 Å². The fourth-order valence-corrected chi connectivity index (χ4v) is 8.19. The Balaban J connectivity index is 1.27. The number of aliphatic hydroxyl groups excluding tert-OH is 1. The molecule has 0 radical (unpaired) electrons. The van der Waals surface area contributed by atoms with Crippen LogP contribution >= 0.6 is 11.6 Å². The van der Waals surface area contributed by atoms with Gasteiger partial charge in [0.1, 0.15) is 5.69 Å². The van der Waals surface area contributed by atoms with Crippen molar-refractivity contribution in [2.45, 2.75) is 63.9 Å². The molecule has 2 N–H and O–H groups in total. The van der Waals surface area contributed by atoms with E-state index >= 15 is 0 Å². The van der Waals surface area contributed by atoms with E-state index in [1.165, 1.54) is 28.9 Å². The van der Waals surface area contributed by atoms with Gasteiger partial charge in [0.15, 0.2) is 6.23 Å². The van der Waals surface area contributed by atoms with Crippen LogP contribution in [0.5, 0.6) is 0 Å². The molecule has 0 saturated carbocycles. The highest BCUT2D eigenvalue weighted by molar-refractivity contribution is 7.90. The number of hydrogen-bond acceptors (Lipinski definition) is 7. The number of aromatic nitrogens is 2. The van der Waals surface area contributed by atoms with Gasteiger partial charge in [-0.25, -0.2) is 17.8 Å². The minimum atomic E-state index is -4.27. The first-order valence-electron chi connectivity index (χ1n) is 18.0. The van der Waals surface area contributed by atoms with Crippen molar-refractivity contribution in [3.63, 3.8) is 0 Å². The molecule has 1 aromatic heterocycles. The standard InChI is InChI=1S/C43H42ClN5O5S/c1-28-38(44)39(42(52)48(43(2,3)4)26-29-12-6-5-7-13-29)45-49(28)37-21-19-33(25-36(37)41(51)47-23-22-31-15-9-11-17-34(31)27-47)40(50)46-55(53,54)35-20-18-30-14-8-10-16-32(30)24-35/h5-21,24-25,42,52H,22-23,26-27H2,1-4H3,(H,46,50). The first-order chi connectivity index (χ1) is 26.2. The number of nitrogens with one attached hydrogen (secondary N) is 1. The maximum Gasteiger partial charge on any atom is 0.265 e. The van der Waals surface area contributed by atoms with Crippen LogP contribution in [-0.2, 0) is 29.5 Å². The number of aliphatic hydroxyl groups is 1. The smallest absolute Gasteiger partial charge is 0.265 e. The summed E-state index contributed by atoms with van der Waals surface area (Å²) in [6.45, 7) is 8.93. The summed E-state index contributed by atoms with van der Waals surface area (Å²) in [5, 5.41) is 18.5. The highest BCUT2D eigenvalue weighted by atomic mass is 35.5. The van der Waals surface area contributed by atoms with Gasteiger partial charge in [-0.2, -0.15) is 5.10 Å². The van der Waals surface area contributed by atoms with Gasteiger partial charge in [0.05, 0.1) is 26.9 Å². The number of nitrogens with zero attached hydrogens (tertiary/aromatic N) is 4. The third kappa shape index (κ3) is 7.79. The molecule has 1 aliphatic heterocycles. The molecule has 0 aliphatic carbocycles. The third-order valence-corrected chi connectivity index (χ3v) is 11.9. The second kappa shape index (κ2) is 15.1. The average Bonchev–Trinajstić information content (AvgIpc) is 3.48. The highest BCUT2D eigenvalue weighted by Crippen LogP contribution is 2.35. The van der Waals surface area contributed by atoms with Crippen molar-refractivity contribution >= 4 is 44.2 Å². The topological polar surface area (TPSA) is 125 Å². The Morgan fingerprint density at radius 1 is 0.891 bits per heavy atom. The lowest BCUT2D eigenvalue weighted by Crippen LogP contribution is -2.43. The molecule has 12 heteroatoms. The molecule has 0 bridgehead atoms. The monoisotopic (exact) mass is 775 g/mol. The summed E-state index contributed by atoms with van der Waals surface area (Å²) in [4.78, 5) is 31.8. The van der Waals surface area contributed by atoms with Crippen molar-refractivity contribution in [1.29, 1.82) is 0 Å². The molecule has 2 heterocycles. The van der Waals surface area contributed by atoms with E-state index in [1.807, 2.05) is 98.5 Å². The Bertz CT molecular complexity index is 2530. The molecule has 282 valence electrons. The lowest BCUT2D eigenvalue weighted by molar-refractivity contribution is -0.0626. The number of fused-ring (bicyclic) bond motifs is 2. The summed E-state index contributed by atoms with van der Waals surface area (Å²) in [6.07, 6.45) is -0.565. The second-order valence-corrected chi connectivity index (χ2v) is 16.8. The summed E-state index contributed by atoms with van der Waals surface area (Å²) in [5.41, 5.74) is 3.76. The van der Waals surface area contributed by atoms with Crippen molar-refractivity contribution in [1.82, 2.24) is 24.3 Å². The lowest BCUT2D eigenvalue weighted by atomic mass is 9.98. The van der Waals surface area contributed by atoms with Gasteiger partial charge in [0, 0.05) is 30.7 Å². The van der Waals surface area contributed by atoms with Crippen molar-refractivity contribution in [3.8, 4) is 5.69 Å². The van der Waals surface area contributed by atoms with Gasteiger partial charge >= 0.3 is 0 Å². The largest absolute Gasteiger partial charge is 0.372 e. The molecule has 6 aromatic rings. The predicted octanol–water partition coefficient (Wildman–Crippen LogP) is 7.60. The second-order valence-electron chi connectivity index (χ2n) is 14.8. The molecular formula is C43H42ClN5O5S. The highest BCUT2D eigenvalue weighted by Gasteiger charge is 2.34. The summed E-state index contributed by atoms with van der Waals surface area (Å²) in [5.74, 6) is -1.27. The van der Waals surface area contributed by atoms with E-state index in [1.54, 1.807) is 30.0 Å². The van der Waals surface area contributed by atoms with Crippen molar-refractivity contribution in [2.24, 2.45) is 0 Å². The number of halogens is 1. The van der Waals surface area contributed by atoms with Gasteiger partial charge in [-0.05, 0) is 91.9 Å². The summed E-state index contributed by atoms with van der Waals surface area (Å²) >= 11 is 6.95. The average molecular weight is 776 g/mol. The van der Waals surface area contributed by atoms with E-state index < -0.39 is 27.7 Å². The minimum absolute atomic E-state index is 0.0354. The number of benzene rings is 5. The molecule has 0 fully saturated rings. The molecule has 1 atom stereocenters. The molecule has 0 spiro atoms. The van der Waals surface area contributed by atoms with Crippen molar-refractivity contribution in [3.05, 3.63) is 159 Å². The zero-order valence-electron chi connectivity index (χ0n) is 31.0. The van der Waals surface area contributed by atoms with Crippen LogP contribution in [0.25, 0.3) is 16.5 Å². The summed E-state index contributed by atoms with van der Waals surface area (Å²) in [7, 11) is -4.27. The molecule has 55 heavy (non-hydrogen) atoms. The molecule has 0 saturated heterocycles. The van der Waals surface area contributed by atoms with Crippen LogP contribution in [0, 0.1) is 6.92 Å². The minimum Gasteiger partial charge on any atom is -0.372 e. The molecule has 2 amide bonds. The van der Waals surface area contributed by atoms with Gasteiger partial charge < -0.3 is 10.0 Å². The van der Waals surface area contributed by atoms with Crippen LogP contribution in [0.3, 0.4) is 0 Å². The SMILES string of the molecule is Cc1c(Cl)c(C(O)N(Cc2ccccc2)C(C)(C)C)nn1-c1ccc(C(=O)NS(=O)(=O)c2ccc3ccccc3c2)cc1C(=O)N1CCc2ccccc2C1. The first kappa shape index (κ1) is 38.0. The van der Waals surface area contributed by atoms with Gasteiger partial charge in [-0.15, -0.1) is 0 Å². The van der Waals surface area contributed by atoms with Crippen molar-refractivity contribution < 1.29 is 23.1 Å². The maximum absolute atomic E-state index is 14.5. The summed E-state index contributed by atoms with van der Waals surface area (Å²) in [6, 6.07) is 34.1. The molecule has 1 unspecified atom stereocenters. The van der Waals surface area contributed by atoms with Gasteiger partial charge in [-0.1, -0.05) is 96.5 Å². The fourth-order valence-electron chi connectivity index (χ4n) is 6.97. The van der Waals surface area contributed by atoms with Gasteiger partial charge in [-0.3, -0.25) is 14.5 Å². The Morgan fingerprint density at radius 2 is 1.56 bits per heavy atom. The molecule has 1 aliphatic rings. The number of carbonyl (C=O) groups is 2. The maximum atomic E-state index is 14.5. The fraction of sp³-hybridized carbons (Fsp3) is 0.233. The van der Waals surface area contributed by atoms with Gasteiger partial charge in [0.2, 0.25) is 0 Å². The molecule has 7 rings (SSSR count). The van der Waals surface area contributed by atoms with Crippen LogP contribution in [0.15, 0.2) is 120 Å². The zero-order chi connectivity index (χ0) is 39.1. The van der Waals surface area contributed by atoms with E-state index in [0.717, 1.165) is 22.1 Å². The predicted molar refractivity (Wildman–Crippen MR) is 213 cm³/mol. The van der Waals surface area contributed by atoms with E-state index in [-0.39, 0.29) is 32.6 Å². The van der Waals surface area contributed by atoms with Crippen LogP contribution < -0.4 is 4.72 Å². The number of sulfonamides is 1. The van der Waals surface area contributed by atoms with Gasteiger partial charge in [0.25, 0.3) is 21.8 Å².